The van der Waals surface area contributed by atoms with E-state index in [-0.39, 0.29) is 11.3 Å². The zero-order valence-electron chi connectivity index (χ0n) is 9.56. The average molecular weight is 343 g/mol. The van der Waals surface area contributed by atoms with Crippen LogP contribution in [0.4, 0.5) is 5.69 Å². The maximum atomic E-state index is 11.1. The molecule has 0 heterocycles. The van der Waals surface area contributed by atoms with Crippen molar-refractivity contribution >= 4 is 39.2 Å². The first kappa shape index (κ1) is 13.7. The van der Waals surface area contributed by atoms with Crippen molar-refractivity contribution in [1.82, 2.24) is 0 Å². The molecule has 6 heteroatoms. The SMILES string of the molecule is Nc1ccc(Oc2ccc(Br)cc2Cl)c(C(=O)O)c1. The molecule has 0 aliphatic rings. The molecule has 98 valence electrons. The van der Waals surface area contributed by atoms with Crippen molar-refractivity contribution in [2.75, 3.05) is 5.73 Å². The van der Waals surface area contributed by atoms with E-state index in [0.29, 0.717) is 16.5 Å². The summed E-state index contributed by atoms with van der Waals surface area (Å²) in [6, 6.07) is 9.46. The summed E-state index contributed by atoms with van der Waals surface area (Å²) in [6.07, 6.45) is 0. The predicted octanol–water partition coefficient (Wildman–Crippen LogP) is 4.18. The maximum Gasteiger partial charge on any atom is 0.339 e. The van der Waals surface area contributed by atoms with Crippen molar-refractivity contribution in [2.45, 2.75) is 0 Å². The molecule has 0 spiro atoms. The first-order valence-corrected chi connectivity index (χ1v) is 6.40. The number of carbonyl (C=O) groups is 1. The number of anilines is 1. The lowest BCUT2D eigenvalue weighted by atomic mass is 10.2. The third kappa shape index (κ3) is 3.19. The van der Waals surface area contributed by atoms with Gasteiger partial charge in [0.2, 0.25) is 0 Å². The fraction of sp³-hybridized carbons (Fsp3) is 0. The first-order chi connectivity index (χ1) is 8.97. The molecule has 0 unspecified atom stereocenters. The topological polar surface area (TPSA) is 72.5 Å². The van der Waals surface area contributed by atoms with Crippen LogP contribution in [0.5, 0.6) is 11.5 Å². The van der Waals surface area contributed by atoms with E-state index in [0.717, 1.165) is 4.47 Å². The lowest BCUT2D eigenvalue weighted by molar-refractivity contribution is 0.0694. The molecule has 0 bridgehead atoms. The number of aromatic carboxylic acids is 1. The lowest BCUT2D eigenvalue weighted by Gasteiger charge is -2.10. The van der Waals surface area contributed by atoms with Crippen molar-refractivity contribution in [3.63, 3.8) is 0 Å². The van der Waals surface area contributed by atoms with Crippen LogP contribution in [0.15, 0.2) is 40.9 Å². The van der Waals surface area contributed by atoms with Crippen LogP contribution in [0.2, 0.25) is 5.02 Å². The Kier molecular flexibility index (Phi) is 3.97. The van der Waals surface area contributed by atoms with Crippen LogP contribution in [-0.4, -0.2) is 11.1 Å². The fourth-order valence-corrected chi connectivity index (χ4v) is 2.19. The monoisotopic (exact) mass is 341 g/mol. The van der Waals surface area contributed by atoms with Gasteiger partial charge in [-0.25, -0.2) is 4.79 Å². The summed E-state index contributed by atoms with van der Waals surface area (Å²) >= 11 is 9.29. The van der Waals surface area contributed by atoms with Gasteiger partial charge in [-0.05, 0) is 36.4 Å². The number of carboxylic acid groups (broad SMARTS) is 1. The number of hydrogen-bond donors (Lipinski definition) is 2. The molecule has 0 atom stereocenters. The Balaban J connectivity index is 2.40. The highest BCUT2D eigenvalue weighted by Crippen LogP contribution is 2.33. The van der Waals surface area contributed by atoms with Crippen LogP contribution in [0.3, 0.4) is 0 Å². The van der Waals surface area contributed by atoms with E-state index in [1.54, 1.807) is 24.3 Å². The van der Waals surface area contributed by atoms with Crippen LogP contribution in [-0.2, 0) is 0 Å². The molecule has 2 aromatic carbocycles. The van der Waals surface area contributed by atoms with Crippen LogP contribution >= 0.6 is 27.5 Å². The van der Waals surface area contributed by atoms with Gasteiger partial charge in [-0.1, -0.05) is 27.5 Å². The second kappa shape index (κ2) is 5.50. The van der Waals surface area contributed by atoms with E-state index in [2.05, 4.69) is 15.9 Å². The van der Waals surface area contributed by atoms with Gasteiger partial charge in [-0.3, -0.25) is 0 Å². The van der Waals surface area contributed by atoms with Crippen LogP contribution < -0.4 is 10.5 Å². The number of rotatable bonds is 3. The quantitative estimate of drug-likeness (QED) is 0.821. The highest BCUT2D eigenvalue weighted by molar-refractivity contribution is 9.10. The van der Waals surface area contributed by atoms with Crippen molar-refractivity contribution in [3.05, 3.63) is 51.5 Å². The highest BCUT2D eigenvalue weighted by atomic mass is 79.9. The molecule has 0 aliphatic carbocycles. The normalized spacial score (nSPS) is 10.2. The summed E-state index contributed by atoms with van der Waals surface area (Å²) in [7, 11) is 0. The van der Waals surface area contributed by atoms with Crippen molar-refractivity contribution in [1.29, 1.82) is 0 Å². The molecular formula is C13H9BrClNO3. The second-order valence-corrected chi connectivity index (χ2v) is 5.06. The number of nitrogens with two attached hydrogens (primary N) is 1. The number of carboxylic acids is 1. The van der Waals surface area contributed by atoms with Crippen molar-refractivity contribution < 1.29 is 14.6 Å². The Hall–Kier alpha value is -1.72. The molecule has 0 aliphatic heterocycles. The summed E-state index contributed by atoms with van der Waals surface area (Å²) in [5.74, 6) is -0.557. The van der Waals surface area contributed by atoms with Gasteiger partial charge in [-0.15, -0.1) is 0 Å². The summed E-state index contributed by atoms with van der Waals surface area (Å²) < 4.78 is 6.33. The Bertz CT molecular complexity index is 646. The Morgan fingerprint density at radius 3 is 2.53 bits per heavy atom. The molecule has 0 radical (unpaired) electrons. The summed E-state index contributed by atoms with van der Waals surface area (Å²) in [5, 5.41) is 9.48. The third-order valence-corrected chi connectivity index (χ3v) is 3.14. The minimum atomic E-state index is -1.12. The molecule has 0 saturated heterocycles. The largest absolute Gasteiger partial charge is 0.478 e. The van der Waals surface area contributed by atoms with Crippen LogP contribution in [0.1, 0.15) is 10.4 Å². The molecule has 4 nitrogen and oxygen atoms in total. The smallest absolute Gasteiger partial charge is 0.339 e. The molecule has 0 aromatic heterocycles. The van der Waals surface area contributed by atoms with Crippen molar-refractivity contribution in [3.8, 4) is 11.5 Å². The minimum Gasteiger partial charge on any atom is -0.478 e. The number of ether oxygens (including phenoxy) is 1. The maximum absolute atomic E-state index is 11.1. The number of nitrogen functional groups attached to an aromatic ring is 1. The lowest BCUT2D eigenvalue weighted by Crippen LogP contribution is -2.01. The minimum absolute atomic E-state index is 0.0148. The van der Waals surface area contributed by atoms with Crippen molar-refractivity contribution in [2.24, 2.45) is 0 Å². The van der Waals surface area contributed by atoms with Crippen LogP contribution in [0, 0.1) is 0 Å². The summed E-state index contributed by atoms with van der Waals surface area (Å²) in [4.78, 5) is 11.1. The first-order valence-electron chi connectivity index (χ1n) is 5.23. The summed E-state index contributed by atoms with van der Waals surface area (Å²) in [5.41, 5.74) is 5.90. The zero-order valence-corrected chi connectivity index (χ0v) is 11.9. The molecule has 0 saturated carbocycles. The molecule has 0 fully saturated rings. The van der Waals surface area contributed by atoms with Gasteiger partial charge in [0, 0.05) is 10.2 Å². The third-order valence-electron chi connectivity index (χ3n) is 2.35. The van der Waals surface area contributed by atoms with E-state index >= 15 is 0 Å². The molecule has 19 heavy (non-hydrogen) atoms. The van der Waals surface area contributed by atoms with E-state index in [1.165, 1.54) is 12.1 Å². The molecule has 2 rings (SSSR count). The van der Waals surface area contributed by atoms with Gasteiger partial charge in [0.25, 0.3) is 0 Å². The Morgan fingerprint density at radius 1 is 1.21 bits per heavy atom. The van der Waals surface area contributed by atoms with Gasteiger partial charge >= 0.3 is 5.97 Å². The molecule has 2 aromatic rings. The van der Waals surface area contributed by atoms with E-state index < -0.39 is 5.97 Å². The van der Waals surface area contributed by atoms with Gasteiger partial charge < -0.3 is 15.6 Å². The van der Waals surface area contributed by atoms with E-state index in [4.69, 9.17) is 27.2 Å². The standard InChI is InChI=1S/C13H9BrClNO3/c14-7-1-3-12(10(15)5-7)19-11-4-2-8(16)6-9(11)13(17)18/h1-6H,16H2,(H,17,18). The van der Waals surface area contributed by atoms with Gasteiger partial charge in [0.05, 0.1) is 5.02 Å². The number of benzene rings is 2. The number of hydrogen-bond acceptors (Lipinski definition) is 3. The second-order valence-electron chi connectivity index (χ2n) is 3.74. The van der Waals surface area contributed by atoms with Crippen LogP contribution in [0.25, 0.3) is 0 Å². The fourth-order valence-electron chi connectivity index (χ4n) is 1.48. The summed E-state index contributed by atoms with van der Waals surface area (Å²) in [6.45, 7) is 0. The van der Waals surface area contributed by atoms with Gasteiger partial charge in [-0.2, -0.15) is 0 Å². The Labute approximate surface area is 122 Å². The van der Waals surface area contributed by atoms with E-state index in [9.17, 15) is 4.79 Å². The highest BCUT2D eigenvalue weighted by Gasteiger charge is 2.13. The van der Waals surface area contributed by atoms with Gasteiger partial charge in [0.15, 0.2) is 0 Å². The Morgan fingerprint density at radius 2 is 1.89 bits per heavy atom. The predicted molar refractivity (Wildman–Crippen MR) is 77.0 cm³/mol. The molecular weight excluding hydrogens is 334 g/mol. The average Bonchev–Trinajstić information content (AvgIpc) is 2.34. The number of halogens is 2. The van der Waals surface area contributed by atoms with E-state index in [1.807, 2.05) is 0 Å². The molecule has 0 amide bonds. The zero-order chi connectivity index (χ0) is 14.0. The molecule has 3 N–H and O–H groups in total. The van der Waals surface area contributed by atoms with Gasteiger partial charge in [0.1, 0.15) is 17.1 Å².